The first-order chi connectivity index (χ1) is 7.16. The first-order valence-corrected chi connectivity index (χ1v) is 4.10. The van der Waals surface area contributed by atoms with Gasteiger partial charge < -0.3 is 0 Å². The van der Waals surface area contributed by atoms with Crippen molar-refractivity contribution in [2.24, 2.45) is 4.99 Å². The third kappa shape index (κ3) is 2.60. The zero-order valence-corrected chi connectivity index (χ0v) is 8.20. The Hall–Kier alpha value is -2.24. The van der Waals surface area contributed by atoms with E-state index >= 15 is 0 Å². The average Bonchev–Trinajstić information content (AvgIpc) is 2.77. The number of hydrogen-bond acceptors (Lipinski definition) is 4. The van der Waals surface area contributed by atoms with Crippen LogP contribution in [0, 0.1) is 0 Å². The summed E-state index contributed by atoms with van der Waals surface area (Å²) >= 11 is 0. The highest BCUT2D eigenvalue weighted by molar-refractivity contribution is 6.37. The van der Waals surface area contributed by atoms with E-state index in [2.05, 4.69) is 16.6 Å². The van der Waals surface area contributed by atoms with E-state index in [1.165, 1.54) is 38.3 Å². The molecule has 0 fully saturated rings. The summed E-state index contributed by atoms with van der Waals surface area (Å²) in [6.07, 6.45) is 6.57. The van der Waals surface area contributed by atoms with Gasteiger partial charge in [0.25, 0.3) is 0 Å². The van der Waals surface area contributed by atoms with Crippen LogP contribution in [0.15, 0.2) is 36.5 Å². The molecule has 15 heavy (non-hydrogen) atoms. The van der Waals surface area contributed by atoms with Crippen LogP contribution in [0.25, 0.3) is 0 Å². The lowest BCUT2D eigenvalue weighted by Gasteiger charge is -2.08. The largest absolute Gasteiger partial charge is 0.321 e. The maximum atomic E-state index is 11.5. The molecule has 1 heterocycles. The van der Waals surface area contributed by atoms with Gasteiger partial charge in [0, 0.05) is 25.6 Å². The molecule has 1 aromatic heterocycles. The number of hydrogen-bond donors (Lipinski definition) is 0. The Bertz CT molecular complexity index is 394. The second-order valence-electron chi connectivity index (χ2n) is 2.64. The standard InChI is InChI=1S/C9H10N4O2/c1-3-10-6-12(2)8(14)9(15)13-5-4-11-7-13/h3-7H,1H2,2H3. The van der Waals surface area contributed by atoms with E-state index in [1.54, 1.807) is 0 Å². The van der Waals surface area contributed by atoms with Crippen LogP contribution in [-0.2, 0) is 4.79 Å². The molecule has 0 aliphatic rings. The Morgan fingerprint density at radius 2 is 2.33 bits per heavy atom. The van der Waals surface area contributed by atoms with E-state index in [4.69, 9.17) is 0 Å². The SMILES string of the molecule is C=CN=CN(C)C(=O)C(=O)n1ccnc1. The van der Waals surface area contributed by atoms with Gasteiger partial charge in [-0.1, -0.05) is 6.58 Å². The van der Waals surface area contributed by atoms with Gasteiger partial charge in [-0.3, -0.25) is 19.1 Å². The molecular formula is C9H10N4O2. The van der Waals surface area contributed by atoms with Crippen molar-refractivity contribution in [1.29, 1.82) is 0 Å². The molecule has 0 saturated carbocycles. The lowest BCUT2D eigenvalue weighted by Crippen LogP contribution is -2.35. The van der Waals surface area contributed by atoms with Gasteiger partial charge in [-0.2, -0.15) is 0 Å². The molecule has 78 valence electrons. The first-order valence-electron chi connectivity index (χ1n) is 4.10. The van der Waals surface area contributed by atoms with Crippen LogP contribution in [0.1, 0.15) is 4.79 Å². The van der Waals surface area contributed by atoms with Crippen molar-refractivity contribution < 1.29 is 9.59 Å². The molecule has 0 bridgehead atoms. The van der Waals surface area contributed by atoms with Gasteiger partial charge in [-0.25, -0.2) is 9.98 Å². The fraction of sp³-hybridized carbons (Fsp3) is 0.111. The van der Waals surface area contributed by atoms with Crippen LogP contribution < -0.4 is 0 Å². The predicted octanol–water partition coefficient (Wildman–Crippen LogP) is 0.153. The Labute approximate surface area is 86.5 Å². The zero-order valence-electron chi connectivity index (χ0n) is 8.20. The molecule has 0 unspecified atom stereocenters. The summed E-state index contributed by atoms with van der Waals surface area (Å²) in [7, 11) is 1.43. The summed E-state index contributed by atoms with van der Waals surface area (Å²) in [4.78, 5) is 31.3. The van der Waals surface area contributed by atoms with Crippen LogP contribution in [0.2, 0.25) is 0 Å². The monoisotopic (exact) mass is 206 g/mol. The van der Waals surface area contributed by atoms with Gasteiger partial charge in [0.05, 0.1) is 6.34 Å². The highest BCUT2D eigenvalue weighted by atomic mass is 16.2. The topological polar surface area (TPSA) is 67.6 Å². The Morgan fingerprint density at radius 3 is 2.87 bits per heavy atom. The Morgan fingerprint density at radius 1 is 1.60 bits per heavy atom. The summed E-state index contributed by atoms with van der Waals surface area (Å²) in [6, 6.07) is 0. The molecule has 0 aliphatic heterocycles. The average molecular weight is 206 g/mol. The molecular weight excluding hydrogens is 196 g/mol. The number of carbonyl (C=O) groups is 2. The van der Waals surface area contributed by atoms with Crippen LogP contribution in [0.4, 0.5) is 0 Å². The quantitative estimate of drug-likeness (QED) is 0.393. The smallest absolute Gasteiger partial charge is 0.298 e. The number of rotatable bonds is 2. The van der Waals surface area contributed by atoms with Crippen molar-refractivity contribution >= 4 is 18.2 Å². The number of imidazole rings is 1. The number of aromatic nitrogens is 2. The molecule has 0 radical (unpaired) electrons. The highest BCUT2D eigenvalue weighted by Gasteiger charge is 2.18. The number of aliphatic imine (C=N–C) groups is 1. The highest BCUT2D eigenvalue weighted by Crippen LogP contribution is 1.90. The number of nitrogens with zero attached hydrogens (tertiary/aromatic N) is 4. The van der Waals surface area contributed by atoms with Gasteiger partial charge in [-0.05, 0) is 0 Å². The molecule has 0 spiro atoms. The van der Waals surface area contributed by atoms with Gasteiger partial charge in [0.2, 0.25) is 0 Å². The third-order valence-electron chi connectivity index (χ3n) is 1.59. The first kappa shape index (κ1) is 10.8. The fourth-order valence-electron chi connectivity index (χ4n) is 0.840. The normalized spacial score (nSPS) is 10.2. The molecule has 0 aromatic carbocycles. The fourth-order valence-corrected chi connectivity index (χ4v) is 0.840. The molecule has 0 saturated heterocycles. The van der Waals surface area contributed by atoms with Crippen molar-refractivity contribution in [3.8, 4) is 0 Å². The van der Waals surface area contributed by atoms with Crippen LogP contribution in [0.5, 0.6) is 0 Å². The minimum atomic E-state index is -0.696. The van der Waals surface area contributed by atoms with Gasteiger partial charge in [0.15, 0.2) is 0 Å². The summed E-state index contributed by atoms with van der Waals surface area (Å²) in [5, 5.41) is 0. The Balaban J connectivity index is 2.73. The molecule has 0 N–H and O–H groups in total. The van der Waals surface area contributed by atoms with Crippen molar-refractivity contribution in [2.75, 3.05) is 7.05 Å². The summed E-state index contributed by atoms with van der Waals surface area (Å²) in [5.74, 6) is -1.39. The lowest BCUT2D eigenvalue weighted by atomic mass is 10.5. The number of amides is 1. The molecule has 0 atom stereocenters. The van der Waals surface area contributed by atoms with Crippen molar-refractivity contribution in [3.63, 3.8) is 0 Å². The minimum Gasteiger partial charge on any atom is -0.298 e. The molecule has 6 nitrogen and oxygen atoms in total. The molecule has 1 rings (SSSR count). The van der Waals surface area contributed by atoms with Crippen molar-refractivity contribution in [1.82, 2.24) is 14.5 Å². The van der Waals surface area contributed by atoms with E-state index < -0.39 is 11.8 Å². The van der Waals surface area contributed by atoms with Crippen LogP contribution >= 0.6 is 0 Å². The second-order valence-corrected chi connectivity index (χ2v) is 2.64. The maximum absolute atomic E-state index is 11.5. The number of likely N-dealkylation sites (N-methyl/N-ethyl adjacent to an activating group) is 1. The van der Waals surface area contributed by atoms with E-state index in [-0.39, 0.29) is 0 Å². The Kier molecular flexibility index (Phi) is 3.50. The van der Waals surface area contributed by atoms with Crippen molar-refractivity contribution in [2.45, 2.75) is 0 Å². The van der Waals surface area contributed by atoms with Gasteiger partial charge >= 0.3 is 11.8 Å². The van der Waals surface area contributed by atoms with Crippen LogP contribution in [0.3, 0.4) is 0 Å². The summed E-state index contributed by atoms with van der Waals surface area (Å²) < 4.78 is 1.10. The molecule has 1 aromatic rings. The van der Waals surface area contributed by atoms with Crippen LogP contribution in [-0.4, -0.2) is 39.7 Å². The van der Waals surface area contributed by atoms with Gasteiger partial charge in [-0.15, -0.1) is 0 Å². The molecule has 6 heteroatoms. The van der Waals surface area contributed by atoms with E-state index in [1.807, 2.05) is 0 Å². The summed E-state index contributed by atoms with van der Waals surface area (Å²) in [6.45, 7) is 3.35. The number of carbonyl (C=O) groups excluding carboxylic acids is 2. The zero-order chi connectivity index (χ0) is 11.3. The van der Waals surface area contributed by atoms with Crippen molar-refractivity contribution in [3.05, 3.63) is 31.5 Å². The van der Waals surface area contributed by atoms with Gasteiger partial charge in [0.1, 0.15) is 6.33 Å². The van der Waals surface area contributed by atoms with E-state index in [0.717, 1.165) is 9.47 Å². The van der Waals surface area contributed by atoms with E-state index in [9.17, 15) is 9.59 Å². The maximum Gasteiger partial charge on any atom is 0.321 e. The third-order valence-corrected chi connectivity index (χ3v) is 1.59. The lowest BCUT2D eigenvalue weighted by molar-refractivity contribution is -0.122. The van der Waals surface area contributed by atoms with E-state index in [0.29, 0.717) is 0 Å². The summed E-state index contributed by atoms with van der Waals surface area (Å²) in [5.41, 5.74) is 0. The second kappa shape index (κ2) is 4.85. The predicted molar refractivity (Wildman–Crippen MR) is 54.3 cm³/mol. The minimum absolute atomic E-state index is 0.689. The molecule has 0 aliphatic carbocycles. The molecule has 1 amide bonds.